The van der Waals surface area contributed by atoms with Gasteiger partial charge in [0.25, 0.3) is 0 Å². The first-order valence-corrected chi connectivity index (χ1v) is 6.90. The molecule has 0 saturated carbocycles. The number of aromatic nitrogens is 1. The molecular weight excluding hydrogens is 267 g/mol. The highest BCUT2D eigenvalue weighted by atomic mass is 19.4. The molecular formula is C14H18F3N3. The molecule has 2 atom stereocenters. The molecule has 0 N–H and O–H groups in total. The summed E-state index contributed by atoms with van der Waals surface area (Å²) in [6.45, 7) is 3.06. The molecule has 2 aliphatic heterocycles. The van der Waals surface area contributed by atoms with Gasteiger partial charge in [0.15, 0.2) is 0 Å². The van der Waals surface area contributed by atoms with Crippen LogP contribution in [0.25, 0.3) is 0 Å². The Hall–Kier alpha value is -1.14. The Morgan fingerprint density at radius 1 is 1.25 bits per heavy atom. The maximum atomic E-state index is 12.4. The summed E-state index contributed by atoms with van der Waals surface area (Å²) in [6.07, 6.45) is -1.44. The lowest BCUT2D eigenvalue weighted by molar-refractivity contribution is -0.137. The monoisotopic (exact) mass is 285 g/mol. The van der Waals surface area contributed by atoms with E-state index in [9.17, 15) is 13.2 Å². The standard InChI is InChI=1S/C14H18F3N3/c1-19-8-13-6-12(19)9-20(13)5-4-11-3-2-10(7-18-11)14(15,16)17/h2-3,7,12-13H,4-6,8-9H2,1H3. The normalized spacial score (nSPS) is 27.4. The molecule has 20 heavy (non-hydrogen) atoms. The second-order valence-electron chi connectivity index (χ2n) is 5.76. The maximum Gasteiger partial charge on any atom is 0.417 e. The lowest BCUT2D eigenvalue weighted by Crippen LogP contribution is -2.45. The van der Waals surface area contributed by atoms with E-state index in [1.54, 1.807) is 0 Å². The Morgan fingerprint density at radius 2 is 2.05 bits per heavy atom. The Morgan fingerprint density at radius 3 is 2.55 bits per heavy atom. The fraction of sp³-hybridized carbons (Fsp3) is 0.643. The average molecular weight is 285 g/mol. The molecule has 2 aliphatic rings. The third kappa shape index (κ3) is 2.67. The van der Waals surface area contributed by atoms with Crippen LogP contribution in [0.3, 0.4) is 0 Å². The van der Waals surface area contributed by atoms with Gasteiger partial charge in [0, 0.05) is 50.0 Å². The molecule has 2 saturated heterocycles. The summed E-state index contributed by atoms with van der Waals surface area (Å²) in [6, 6.07) is 3.87. The van der Waals surface area contributed by atoms with Crippen LogP contribution in [0.15, 0.2) is 18.3 Å². The van der Waals surface area contributed by atoms with Crippen molar-refractivity contribution in [1.82, 2.24) is 14.8 Å². The number of halogens is 3. The quantitative estimate of drug-likeness (QED) is 0.847. The van der Waals surface area contributed by atoms with Gasteiger partial charge in [0.2, 0.25) is 0 Å². The fourth-order valence-corrected chi connectivity index (χ4v) is 3.22. The number of hydrogen-bond donors (Lipinski definition) is 0. The Kier molecular flexibility index (Phi) is 3.46. The van der Waals surface area contributed by atoms with Gasteiger partial charge in [-0.25, -0.2) is 0 Å². The van der Waals surface area contributed by atoms with Gasteiger partial charge in [0.05, 0.1) is 5.56 Å². The van der Waals surface area contributed by atoms with Crippen molar-refractivity contribution in [3.8, 4) is 0 Å². The number of likely N-dealkylation sites (N-methyl/N-ethyl adjacent to an activating group) is 1. The zero-order chi connectivity index (χ0) is 14.3. The van der Waals surface area contributed by atoms with Crippen LogP contribution in [0.1, 0.15) is 17.7 Å². The maximum absolute atomic E-state index is 12.4. The highest BCUT2D eigenvalue weighted by molar-refractivity contribution is 5.17. The van der Waals surface area contributed by atoms with Crippen molar-refractivity contribution in [2.24, 2.45) is 0 Å². The van der Waals surface area contributed by atoms with Gasteiger partial charge < -0.3 is 4.90 Å². The number of fused-ring (bicyclic) bond motifs is 2. The van der Waals surface area contributed by atoms with Crippen molar-refractivity contribution in [3.63, 3.8) is 0 Å². The zero-order valence-corrected chi connectivity index (χ0v) is 11.4. The molecule has 1 aromatic heterocycles. The summed E-state index contributed by atoms with van der Waals surface area (Å²) in [5.41, 5.74) is 0.0530. The van der Waals surface area contributed by atoms with Crippen LogP contribution in [0.4, 0.5) is 13.2 Å². The Bertz CT molecular complexity index is 470. The highest BCUT2D eigenvalue weighted by Crippen LogP contribution is 2.30. The third-order valence-electron chi connectivity index (χ3n) is 4.44. The summed E-state index contributed by atoms with van der Waals surface area (Å²) in [4.78, 5) is 8.75. The van der Waals surface area contributed by atoms with Crippen molar-refractivity contribution in [3.05, 3.63) is 29.6 Å². The number of alkyl halides is 3. The first-order chi connectivity index (χ1) is 9.43. The van der Waals surface area contributed by atoms with E-state index < -0.39 is 11.7 Å². The molecule has 3 heterocycles. The minimum absolute atomic E-state index is 0.611. The highest BCUT2D eigenvalue weighted by Gasteiger charge is 2.40. The van der Waals surface area contributed by atoms with E-state index in [1.165, 1.54) is 12.5 Å². The molecule has 0 amide bonds. The molecule has 0 aliphatic carbocycles. The molecule has 3 nitrogen and oxygen atoms in total. The van der Waals surface area contributed by atoms with E-state index in [1.807, 2.05) is 0 Å². The largest absolute Gasteiger partial charge is 0.417 e. The summed E-state index contributed by atoms with van der Waals surface area (Å²) in [5, 5.41) is 0. The predicted molar refractivity (Wildman–Crippen MR) is 69.3 cm³/mol. The molecule has 0 aromatic carbocycles. The molecule has 2 bridgehead atoms. The van der Waals surface area contributed by atoms with Crippen molar-refractivity contribution >= 4 is 0 Å². The number of piperazine rings is 1. The van der Waals surface area contributed by atoms with Crippen LogP contribution in [-0.2, 0) is 12.6 Å². The summed E-state index contributed by atoms with van der Waals surface area (Å²) in [7, 11) is 2.15. The lowest BCUT2D eigenvalue weighted by atomic mass is 10.2. The molecule has 3 rings (SSSR count). The zero-order valence-electron chi connectivity index (χ0n) is 11.4. The Balaban J connectivity index is 1.55. The minimum Gasteiger partial charge on any atom is -0.301 e. The summed E-state index contributed by atoms with van der Waals surface area (Å²) >= 11 is 0. The van der Waals surface area contributed by atoms with Crippen LogP contribution < -0.4 is 0 Å². The van der Waals surface area contributed by atoms with Crippen LogP contribution in [0.2, 0.25) is 0 Å². The first-order valence-electron chi connectivity index (χ1n) is 6.90. The van der Waals surface area contributed by atoms with E-state index in [0.717, 1.165) is 37.6 Å². The van der Waals surface area contributed by atoms with Gasteiger partial charge in [0.1, 0.15) is 0 Å². The van der Waals surface area contributed by atoms with E-state index in [-0.39, 0.29) is 0 Å². The lowest BCUT2D eigenvalue weighted by Gasteiger charge is -2.31. The smallest absolute Gasteiger partial charge is 0.301 e. The molecule has 1 aromatic rings. The van der Waals surface area contributed by atoms with Crippen LogP contribution in [-0.4, -0.2) is 53.5 Å². The van der Waals surface area contributed by atoms with E-state index in [0.29, 0.717) is 18.5 Å². The minimum atomic E-state index is -4.30. The van der Waals surface area contributed by atoms with E-state index in [4.69, 9.17) is 0 Å². The van der Waals surface area contributed by atoms with Gasteiger partial charge in [-0.1, -0.05) is 0 Å². The van der Waals surface area contributed by atoms with Gasteiger partial charge in [-0.15, -0.1) is 0 Å². The number of likely N-dealkylation sites (tertiary alicyclic amines) is 2. The molecule has 2 fully saturated rings. The number of rotatable bonds is 3. The summed E-state index contributed by atoms with van der Waals surface area (Å²) < 4.78 is 37.3. The molecule has 2 unspecified atom stereocenters. The van der Waals surface area contributed by atoms with E-state index in [2.05, 4.69) is 21.8 Å². The number of pyridine rings is 1. The molecule has 110 valence electrons. The van der Waals surface area contributed by atoms with Gasteiger partial charge in [-0.2, -0.15) is 13.2 Å². The molecule has 0 spiro atoms. The third-order valence-corrected chi connectivity index (χ3v) is 4.44. The second kappa shape index (κ2) is 5.00. The molecule has 0 radical (unpaired) electrons. The van der Waals surface area contributed by atoms with Crippen molar-refractivity contribution in [1.29, 1.82) is 0 Å². The van der Waals surface area contributed by atoms with Gasteiger partial charge in [-0.3, -0.25) is 9.88 Å². The van der Waals surface area contributed by atoms with Crippen LogP contribution in [0, 0.1) is 0 Å². The fourth-order valence-electron chi connectivity index (χ4n) is 3.22. The predicted octanol–water partition coefficient (Wildman–Crippen LogP) is 2.03. The van der Waals surface area contributed by atoms with Crippen LogP contribution in [0.5, 0.6) is 0 Å². The number of hydrogen-bond acceptors (Lipinski definition) is 3. The molecule has 6 heteroatoms. The van der Waals surface area contributed by atoms with Crippen LogP contribution >= 0.6 is 0 Å². The number of nitrogens with zero attached hydrogens (tertiary/aromatic N) is 3. The van der Waals surface area contributed by atoms with Gasteiger partial charge >= 0.3 is 6.18 Å². The SMILES string of the molecule is CN1CC2CC1CN2CCc1ccc(C(F)(F)F)cn1. The second-order valence-corrected chi connectivity index (χ2v) is 5.76. The first kappa shape index (κ1) is 13.8. The van der Waals surface area contributed by atoms with Crippen molar-refractivity contribution < 1.29 is 13.2 Å². The van der Waals surface area contributed by atoms with Gasteiger partial charge in [-0.05, 0) is 25.6 Å². The van der Waals surface area contributed by atoms with E-state index >= 15 is 0 Å². The topological polar surface area (TPSA) is 19.4 Å². The summed E-state index contributed by atoms with van der Waals surface area (Å²) in [5.74, 6) is 0. The Labute approximate surface area is 116 Å². The van der Waals surface area contributed by atoms with Crippen molar-refractivity contribution in [2.45, 2.75) is 31.1 Å². The average Bonchev–Trinajstić information content (AvgIpc) is 2.94. The van der Waals surface area contributed by atoms with Crippen molar-refractivity contribution in [2.75, 3.05) is 26.7 Å².